The van der Waals surface area contributed by atoms with Crippen molar-refractivity contribution < 1.29 is 4.79 Å². The molecular weight excluding hydrogens is 224 g/mol. The molecule has 1 aromatic rings. The fourth-order valence-corrected chi connectivity index (χ4v) is 3.17. The Morgan fingerprint density at radius 3 is 2.89 bits per heavy atom. The number of hydrogen-bond donors (Lipinski definition) is 1. The van der Waals surface area contributed by atoms with Gasteiger partial charge in [-0.1, -0.05) is 26.0 Å². The number of nitrogens with one attached hydrogen (secondary N) is 1. The second-order valence-electron chi connectivity index (χ2n) is 5.14. The van der Waals surface area contributed by atoms with E-state index in [2.05, 4.69) is 31.3 Å². The van der Waals surface area contributed by atoms with Crippen LogP contribution in [0.4, 0.5) is 0 Å². The largest absolute Gasteiger partial charge is 0.329 e. The highest BCUT2D eigenvalue weighted by molar-refractivity contribution is 6.01. The van der Waals surface area contributed by atoms with Gasteiger partial charge in [-0.05, 0) is 29.5 Å². The molecule has 1 saturated heterocycles. The van der Waals surface area contributed by atoms with E-state index in [0.717, 1.165) is 38.0 Å². The Morgan fingerprint density at radius 1 is 1.33 bits per heavy atom. The summed E-state index contributed by atoms with van der Waals surface area (Å²) in [5, 5.41) is 3.40. The number of carbonyl (C=O) groups excluding carboxylic acids is 1. The number of fused-ring (bicyclic) bond motifs is 3. The summed E-state index contributed by atoms with van der Waals surface area (Å²) in [6.07, 6.45) is 1.98. The van der Waals surface area contributed by atoms with E-state index in [9.17, 15) is 4.79 Å². The lowest BCUT2D eigenvalue weighted by Crippen LogP contribution is -2.44. The molecular formula is C15H20N2O. The molecule has 18 heavy (non-hydrogen) atoms. The fraction of sp³-hybridized carbons (Fsp3) is 0.533. The van der Waals surface area contributed by atoms with E-state index in [4.69, 9.17) is 0 Å². The number of aryl methyl sites for hydroxylation is 2. The molecule has 0 radical (unpaired) electrons. The molecule has 0 unspecified atom stereocenters. The average Bonchev–Trinajstić information content (AvgIpc) is 2.72. The molecule has 3 rings (SSSR count). The van der Waals surface area contributed by atoms with Crippen molar-refractivity contribution in [1.82, 2.24) is 10.2 Å². The van der Waals surface area contributed by atoms with Gasteiger partial charge in [0.25, 0.3) is 5.91 Å². The third kappa shape index (κ3) is 1.57. The van der Waals surface area contributed by atoms with Crippen LogP contribution in [0.3, 0.4) is 0 Å². The van der Waals surface area contributed by atoms with Gasteiger partial charge < -0.3 is 10.2 Å². The van der Waals surface area contributed by atoms with Gasteiger partial charge in [0.15, 0.2) is 0 Å². The Balaban J connectivity index is 2.15. The molecule has 2 aliphatic rings. The van der Waals surface area contributed by atoms with E-state index < -0.39 is 0 Å². The number of amides is 1. The maximum atomic E-state index is 12.5. The van der Waals surface area contributed by atoms with Crippen molar-refractivity contribution in [1.29, 1.82) is 0 Å². The molecule has 1 atom stereocenters. The van der Waals surface area contributed by atoms with Crippen LogP contribution >= 0.6 is 0 Å². The van der Waals surface area contributed by atoms with Crippen LogP contribution in [0.15, 0.2) is 12.1 Å². The predicted octanol–water partition coefficient (Wildman–Crippen LogP) is 1.91. The van der Waals surface area contributed by atoms with Crippen LogP contribution in [0.1, 0.15) is 46.9 Å². The Labute approximate surface area is 108 Å². The lowest BCUT2D eigenvalue weighted by molar-refractivity contribution is 0.0690. The van der Waals surface area contributed by atoms with Crippen LogP contribution < -0.4 is 5.32 Å². The van der Waals surface area contributed by atoms with Crippen molar-refractivity contribution in [3.05, 3.63) is 34.4 Å². The Hall–Kier alpha value is -1.35. The molecule has 0 saturated carbocycles. The van der Waals surface area contributed by atoms with Crippen molar-refractivity contribution in [3.8, 4) is 0 Å². The maximum absolute atomic E-state index is 12.5. The van der Waals surface area contributed by atoms with Crippen molar-refractivity contribution in [2.45, 2.75) is 32.7 Å². The second-order valence-corrected chi connectivity index (χ2v) is 5.14. The average molecular weight is 244 g/mol. The van der Waals surface area contributed by atoms with Gasteiger partial charge >= 0.3 is 0 Å². The zero-order valence-electron chi connectivity index (χ0n) is 11.1. The van der Waals surface area contributed by atoms with Crippen molar-refractivity contribution >= 4 is 5.91 Å². The summed E-state index contributed by atoms with van der Waals surface area (Å²) in [5.41, 5.74) is 4.82. The van der Waals surface area contributed by atoms with Gasteiger partial charge in [0.2, 0.25) is 0 Å². The predicted molar refractivity (Wildman–Crippen MR) is 71.8 cm³/mol. The third-order valence-corrected chi connectivity index (χ3v) is 4.18. The first-order valence-corrected chi connectivity index (χ1v) is 6.93. The molecule has 2 heterocycles. The summed E-state index contributed by atoms with van der Waals surface area (Å²) in [4.78, 5) is 14.5. The number of nitrogens with zero attached hydrogens (tertiary/aromatic N) is 1. The lowest BCUT2D eigenvalue weighted by Gasteiger charge is -2.30. The normalized spacial score (nSPS) is 22.0. The molecule has 1 fully saturated rings. The minimum atomic E-state index is 0.246. The summed E-state index contributed by atoms with van der Waals surface area (Å²) in [5.74, 6) is 0.246. The zero-order valence-corrected chi connectivity index (χ0v) is 11.1. The summed E-state index contributed by atoms with van der Waals surface area (Å²) >= 11 is 0. The monoisotopic (exact) mass is 244 g/mol. The smallest absolute Gasteiger partial charge is 0.255 e. The highest BCUT2D eigenvalue weighted by Crippen LogP contribution is 2.37. The number of carbonyl (C=O) groups is 1. The van der Waals surface area contributed by atoms with Gasteiger partial charge in [-0.15, -0.1) is 0 Å². The van der Waals surface area contributed by atoms with Gasteiger partial charge in [-0.3, -0.25) is 4.79 Å². The SMILES string of the molecule is CCc1cc(CC)c2c(c1)[C@H]1CNCCN1C2=O. The quantitative estimate of drug-likeness (QED) is 0.862. The van der Waals surface area contributed by atoms with Gasteiger partial charge in [-0.25, -0.2) is 0 Å². The third-order valence-electron chi connectivity index (χ3n) is 4.18. The molecule has 1 amide bonds. The fourth-order valence-electron chi connectivity index (χ4n) is 3.17. The molecule has 0 bridgehead atoms. The summed E-state index contributed by atoms with van der Waals surface area (Å²) in [6, 6.07) is 4.71. The Kier molecular flexibility index (Phi) is 2.86. The molecule has 1 aromatic carbocycles. The van der Waals surface area contributed by atoms with E-state index in [1.807, 2.05) is 4.90 Å². The topological polar surface area (TPSA) is 32.3 Å². The van der Waals surface area contributed by atoms with Gasteiger partial charge in [0, 0.05) is 25.2 Å². The van der Waals surface area contributed by atoms with E-state index in [-0.39, 0.29) is 11.9 Å². The van der Waals surface area contributed by atoms with Crippen molar-refractivity contribution in [3.63, 3.8) is 0 Å². The standard InChI is InChI=1S/C15H20N2O/c1-3-10-7-11(4-2)14-12(8-10)13-9-16-5-6-17(13)15(14)18/h7-8,13,16H,3-6,9H2,1-2H3/t13-/m1/s1. The van der Waals surface area contributed by atoms with Crippen LogP contribution in [0, 0.1) is 0 Å². The van der Waals surface area contributed by atoms with Crippen molar-refractivity contribution in [2.24, 2.45) is 0 Å². The summed E-state index contributed by atoms with van der Waals surface area (Å²) in [6.45, 7) is 6.96. The molecule has 1 N–H and O–H groups in total. The molecule has 96 valence electrons. The number of rotatable bonds is 2. The highest BCUT2D eigenvalue weighted by Gasteiger charge is 2.39. The van der Waals surface area contributed by atoms with Crippen molar-refractivity contribution in [2.75, 3.05) is 19.6 Å². The zero-order chi connectivity index (χ0) is 12.7. The molecule has 3 heteroatoms. The maximum Gasteiger partial charge on any atom is 0.255 e. The minimum Gasteiger partial charge on any atom is -0.329 e. The number of hydrogen-bond acceptors (Lipinski definition) is 2. The van der Waals surface area contributed by atoms with E-state index in [1.165, 1.54) is 16.7 Å². The molecule has 2 aliphatic heterocycles. The first-order valence-electron chi connectivity index (χ1n) is 6.93. The lowest BCUT2D eigenvalue weighted by atomic mass is 9.94. The van der Waals surface area contributed by atoms with E-state index in [0.29, 0.717) is 0 Å². The minimum absolute atomic E-state index is 0.246. The van der Waals surface area contributed by atoms with Gasteiger partial charge in [0.1, 0.15) is 0 Å². The molecule has 3 nitrogen and oxygen atoms in total. The second kappa shape index (κ2) is 4.39. The van der Waals surface area contributed by atoms with E-state index in [1.54, 1.807) is 0 Å². The van der Waals surface area contributed by atoms with E-state index >= 15 is 0 Å². The summed E-state index contributed by atoms with van der Waals surface area (Å²) < 4.78 is 0. The van der Waals surface area contributed by atoms with Crippen LogP contribution in [-0.2, 0) is 12.8 Å². The molecule has 0 aliphatic carbocycles. The van der Waals surface area contributed by atoms with Crippen LogP contribution in [-0.4, -0.2) is 30.4 Å². The Bertz CT molecular complexity index is 496. The summed E-state index contributed by atoms with van der Waals surface area (Å²) in [7, 11) is 0. The number of benzene rings is 1. The first-order chi connectivity index (χ1) is 8.76. The molecule has 0 aromatic heterocycles. The van der Waals surface area contributed by atoms with Crippen LogP contribution in [0.5, 0.6) is 0 Å². The first kappa shape index (κ1) is 11.7. The highest BCUT2D eigenvalue weighted by atomic mass is 16.2. The van der Waals surface area contributed by atoms with Gasteiger partial charge in [-0.2, -0.15) is 0 Å². The van der Waals surface area contributed by atoms with Crippen LogP contribution in [0.2, 0.25) is 0 Å². The van der Waals surface area contributed by atoms with Crippen LogP contribution in [0.25, 0.3) is 0 Å². The Morgan fingerprint density at radius 2 is 2.17 bits per heavy atom. The molecule has 0 spiro atoms. The van der Waals surface area contributed by atoms with Gasteiger partial charge in [0.05, 0.1) is 6.04 Å². The number of piperazine rings is 1.